The average molecular weight is 1020 g/mol. The molecule has 0 saturated heterocycles. The van der Waals surface area contributed by atoms with Crippen molar-refractivity contribution in [1.29, 1.82) is 5.26 Å². The van der Waals surface area contributed by atoms with Crippen LogP contribution in [0.25, 0.3) is 55.7 Å². The Bertz CT molecular complexity index is 3370. The Kier molecular flexibility index (Phi) is 9.78. The normalized spacial score (nSPS) is 14.5. The zero-order valence-corrected chi connectivity index (χ0v) is 38.7. The maximum atomic E-state index is 9.88. The first-order chi connectivity index (χ1) is 33.5. The Labute approximate surface area is 401 Å². The van der Waals surface area contributed by atoms with Gasteiger partial charge >= 0.3 is 20.1 Å². The quantitative estimate of drug-likeness (QED) is 0.114. The number of nitriles is 1. The second kappa shape index (κ2) is 17.9. The van der Waals surface area contributed by atoms with E-state index >= 15 is 0 Å². The molecule has 0 fully saturated rings. The minimum absolute atomic E-state index is 0. The van der Waals surface area contributed by atoms with Crippen molar-refractivity contribution in [1.82, 2.24) is 15.0 Å². The van der Waals surface area contributed by atoms with Crippen LogP contribution < -0.4 is 0 Å². The maximum Gasteiger partial charge on any atom is 3.00 e. The zero-order valence-electron chi connectivity index (χ0n) is 44.3. The Hall–Kier alpha value is -6.51. The molecule has 9 aromatic rings. The molecule has 5 nitrogen and oxygen atoms in total. The Morgan fingerprint density at radius 2 is 1.08 bits per heavy atom. The van der Waals surface area contributed by atoms with Gasteiger partial charge in [0.2, 0.25) is 0 Å². The number of rotatable bonds is 12. The van der Waals surface area contributed by atoms with Crippen LogP contribution in [0.4, 0.5) is 0 Å². The minimum Gasteiger partial charge on any atom is -0.501 e. The molecule has 5 aromatic carbocycles. The molecular weight excluding hydrogens is 961 g/mol. The van der Waals surface area contributed by atoms with Crippen molar-refractivity contribution < 1.29 is 35.5 Å². The van der Waals surface area contributed by atoms with E-state index in [0.717, 1.165) is 11.1 Å². The second-order valence-corrected chi connectivity index (χ2v) is 17.2. The van der Waals surface area contributed by atoms with Crippen LogP contribution in [0.3, 0.4) is 0 Å². The van der Waals surface area contributed by atoms with Gasteiger partial charge in [-0.3, -0.25) is 0 Å². The molecule has 0 N–H and O–H groups in total. The monoisotopic (exact) mass is 1020 g/mol. The predicted octanol–water partition coefficient (Wildman–Crippen LogP) is 13.6. The molecule has 0 saturated carbocycles. The van der Waals surface area contributed by atoms with Gasteiger partial charge in [0, 0.05) is 32.2 Å². The van der Waals surface area contributed by atoms with Crippen LogP contribution in [0.1, 0.15) is 91.5 Å². The molecule has 0 aliphatic rings. The van der Waals surface area contributed by atoms with Gasteiger partial charge in [-0.2, -0.15) is 5.26 Å². The minimum atomic E-state index is -2.11. The van der Waals surface area contributed by atoms with E-state index in [-0.39, 0.29) is 48.9 Å². The van der Waals surface area contributed by atoms with E-state index in [1.807, 2.05) is 88.4 Å². The summed E-state index contributed by atoms with van der Waals surface area (Å²) in [7, 11) is 0. The number of aromatic nitrogens is 3. The summed E-state index contributed by atoms with van der Waals surface area (Å²) in [6.45, 7) is 10.8. The predicted molar refractivity (Wildman–Crippen MR) is 254 cm³/mol. The van der Waals surface area contributed by atoms with Gasteiger partial charge in [0.05, 0.1) is 20.0 Å². The van der Waals surface area contributed by atoms with Crippen LogP contribution in [0.15, 0.2) is 156 Å². The van der Waals surface area contributed by atoms with E-state index in [0.29, 0.717) is 66.8 Å². The van der Waals surface area contributed by atoms with Crippen molar-refractivity contribution in [3.05, 3.63) is 209 Å². The van der Waals surface area contributed by atoms with Crippen molar-refractivity contribution in [3.63, 3.8) is 0 Å². The molecule has 0 aliphatic carbocycles. The summed E-state index contributed by atoms with van der Waals surface area (Å²) in [5.74, 6) is 0. The van der Waals surface area contributed by atoms with E-state index in [1.54, 1.807) is 86.9 Å². The van der Waals surface area contributed by atoms with Gasteiger partial charge in [-0.05, 0) is 97.9 Å². The number of furan rings is 1. The maximum absolute atomic E-state index is 9.88. The molecule has 316 valence electrons. The number of benzene rings is 5. The van der Waals surface area contributed by atoms with Crippen LogP contribution >= 0.6 is 0 Å². The smallest absolute Gasteiger partial charge is 0.501 e. The summed E-state index contributed by atoms with van der Waals surface area (Å²) in [5.41, 5.74) is 2.84. The first-order valence-corrected chi connectivity index (χ1v) is 20.8. The number of fused-ring (bicyclic) bond motifs is 3. The third-order valence-electron chi connectivity index (χ3n) is 11.4. The first-order valence-electron chi connectivity index (χ1n) is 24.8. The van der Waals surface area contributed by atoms with Gasteiger partial charge in [-0.1, -0.05) is 113 Å². The summed E-state index contributed by atoms with van der Waals surface area (Å²) in [6.07, 6.45) is -1.61. The van der Waals surface area contributed by atoms with Crippen molar-refractivity contribution in [2.24, 2.45) is 0 Å². The summed E-state index contributed by atoms with van der Waals surface area (Å²) >= 11 is 0. The fourth-order valence-corrected chi connectivity index (χ4v) is 7.85. The van der Waals surface area contributed by atoms with Crippen LogP contribution in [0, 0.1) is 29.5 Å². The van der Waals surface area contributed by atoms with E-state index in [9.17, 15) is 13.5 Å². The van der Waals surface area contributed by atoms with Gasteiger partial charge in [-0.25, -0.2) is 0 Å². The molecule has 4 heterocycles. The fraction of sp³-hybridized carbons (Fsp3) is 0.207. The summed E-state index contributed by atoms with van der Waals surface area (Å²) in [5, 5.41) is 10.7. The van der Waals surface area contributed by atoms with Crippen LogP contribution in [-0.4, -0.2) is 15.0 Å². The van der Waals surface area contributed by atoms with Gasteiger partial charge in [0.25, 0.3) is 0 Å². The van der Waals surface area contributed by atoms with E-state index in [1.165, 1.54) is 12.3 Å². The van der Waals surface area contributed by atoms with E-state index < -0.39 is 35.4 Å². The summed E-state index contributed by atoms with van der Waals surface area (Å²) in [6, 6.07) is 47.0. The largest absolute Gasteiger partial charge is 3.00 e. The van der Waals surface area contributed by atoms with E-state index in [2.05, 4.69) is 28.2 Å². The third-order valence-corrected chi connectivity index (χ3v) is 11.4. The molecule has 4 aromatic heterocycles. The first kappa shape index (κ1) is 34.9. The van der Waals surface area contributed by atoms with Crippen molar-refractivity contribution in [2.75, 3.05) is 0 Å². The molecule has 0 bridgehead atoms. The molecule has 0 aliphatic heterocycles. The van der Waals surface area contributed by atoms with Crippen LogP contribution in [0.2, 0.25) is 0 Å². The van der Waals surface area contributed by atoms with Gasteiger partial charge < -0.3 is 19.4 Å². The van der Waals surface area contributed by atoms with Crippen molar-refractivity contribution >= 4 is 21.9 Å². The van der Waals surface area contributed by atoms with E-state index in [4.69, 9.17) is 12.1 Å². The zero-order chi connectivity index (χ0) is 50.9. The molecule has 9 rings (SSSR count). The SMILES string of the molecule is [2H]c1cc2c(oc3c(-c4ccc(C([2H])([2H])C(C)(C)c5cc(C(C)(C)C([2H])([2H])c6ccc(-c7[c-]cccc7)nc6)cc(C(C)(C)C([2H])([2H])c6ccc(-c7[c-]cccc7)nc6)c5)cn4)[c-]ccc32)c([2H])c1C#N.[Ir+3]. The number of pyridine rings is 3. The molecule has 64 heavy (non-hydrogen) atoms. The number of nitrogens with zero attached hydrogens (tertiary/aromatic N) is 4. The average Bonchev–Trinajstić information content (AvgIpc) is 3.75. The topological polar surface area (TPSA) is 75.6 Å². The van der Waals surface area contributed by atoms with Gasteiger partial charge in [-0.15, -0.1) is 90.0 Å². The summed E-state index contributed by atoms with van der Waals surface area (Å²) < 4.78 is 81.9. The van der Waals surface area contributed by atoms with Gasteiger partial charge in [0.1, 0.15) is 5.58 Å². The molecule has 0 atom stereocenters. The number of hydrogen-bond donors (Lipinski definition) is 0. The van der Waals surface area contributed by atoms with Gasteiger partial charge in [0.15, 0.2) is 0 Å². The molecule has 6 heteroatoms. The Morgan fingerprint density at radius 1 is 0.594 bits per heavy atom. The standard InChI is InChI=1S/C58H49N4O.Ir/c1-56(2,32-40-21-25-51(60-36-40)43-14-9-7-10-15-43)45-29-46(57(3,4)33-41-22-26-52(61-37-41)44-16-11-8-12-17-44)31-47(30-45)58(5,6)34-42-23-27-53(62-38-42)50-19-13-18-49-48-24-20-39(35-59)28-54(48)63-55(49)50;/h7-14,16,18,20-31,36-38H,32-34H2,1-6H3;/q-3;+3/i20D,28D,32D2,33D2,34D2;. The third kappa shape index (κ3) is 9.25. The van der Waals surface area contributed by atoms with Crippen molar-refractivity contribution in [2.45, 2.75) is 76.9 Å². The molecule has 0 radical (unpaired) electrons. The van der Waals surface area contributed by atoms with Crippen molar-refractivity contribution in [3.8, 4) is 39.8 Å². The fourth-order valence-electron chi connectivity index (χ4n) is 7.85. The van der Waals surface area contributed by atoms with Crippen LogP contribution in [-0.2, 0) is 55.5 Å². The molecule has 0 amide bonds. The number of hydrogen-bond acceptors (Lipinski definition) is 5. The van der Waals surface area contributed by atoms with Crippen LogP contribution in [0.5, 0.6) is 0 Å². The summed E-state index contributed by atoms with van der Waals surface area (Å²) in [4.78, 5) is 14.0. The Morgan fingerprint density at radius 3 is 1.50 bits per heavy atom. The Balaban J connectivity index is 0.00000693. The molecular formula is C58H49IrN4O. The second-order valence-electron chi connectivity index (χ2n) is 17.2. The molecule has 0 spiro atoms. The molecule has 0 unspecified atom stereocenters.